The Labute approximate surface area is 180 Å². The van der Waals surface area contributed by atoms with Gasteiger partial charge in [0.05, 0.1) is 10.1 Å². The van der Waals surface area contributed by atoms with Gasteiger partial charge in [-0.15, -0.1) is 0 Å². The van der Waals surface area contributed by atoms with Gasteiger partial charge in [0, 0.05) is 49.9 Å². The topological polar surface area (TPSA) is 112 Å². The van der Waals surface area contributed by atoms with Crippen LogP contribution >= 0.6 is 0 Å². The number of benzene rings is 1. The standard InChI is InChI=1S/C22H24N4O4S/c1-15(27)26-10-7-19(8-11-26)31(29,30)18-4-2-16(3-5-18)13-24-22(28)21-12-17-14-23-9-6-20(17)25-21/h2-6,9,12,14,19,25H,7-8,10-11,13H2,1H3,(H,24,28). The van der Waals surface area contributed by atoms with Gasteiger partial charge in [0.15, 0.2) is 9.84 Å². The first kappa shape index (κ1) is 21.0. The van der Waals surface area contributed by atoms with E-state index in [2.05, 4.69) is 15.3 Å². The lowest BCUT2D eigenvalue weighted by molar-refractivity contribution is -0.129. The number of carbonyl (C=O) groups is 2. The van der Waals surface area contributed by atoms with E-state index in [1.165, 1.54) is 6.92 Å². The maximum absolute atomic E-state index is 12.9. The van der Waals surface area contributed by atoms with Crippen molar-refractivity contribution in [2.75, 3.05) is 13.1 Å². The van der Waals surface area contributed by atoms with Gasteiger partial charge in [0.2, 0.25) is 5.91 Å². The summed E-state index contributed by atoms with van der Waals surface area (Å²) in [6.07, 6.45) is 4.23. The second-order valence-electron chi connectivity index (χ2n) is 7.72. The quantitative estimate of drug-likeness (QED) is 0.632. The molecule has 0 saturated carbocycles. The highest BCUT2D eigenvalue weighted by molar-refractivity contribution is 7.92. The van der Waals surface area contributed by atoms with Gasteiger partial charge in [-0.25, -0.2) is 8.42 Å². The summed E-state index contributed by atoms with van der Waals surface area (Å²) in [6.45, 7) is 2.71. The number of hydrogen-bond acceptors (Lipinski definition) is 5. The van der Waals surface area contributed by atoms with Crippen molar-refractivity contribution in [2.45, 2.75) is 36.5 Å². The fourth-order valence-corrected chi connectivity index (χ4v) is 5.57. The predicted molar refractivity (Wildman–Crippen MR) is 116 cm³/mol. The van der Waals surface area contributed by atoms with Crippen LogP contribution in [0.1, 0.15) is 35.8 Å². The number of carbonyl (C=O) groups excluding carboxylic acids is 2. The van der Waals surface area contributed by atoms with Gasteiger partial charge in [-0.3, -0.25) is 14.6 Å². The van der Waals surface area contributed by atoms with E-state index in [9.17, 15) is 18.0 Å². The highest BCUT2D eigenvalue weighted by Crippen LogP contribution is 2.25. The lowest BCUT2D eigenvalue weighted by atomic mass is 10.1. The van der Waals surface area contributed by atoms with Crippen LogP contribution in [0.5, 0.6) is 0 Å². The fraction of sp³-hybridized carbons (Fsp3) is 0.318. The van der Waals surface area contributed by atoms with Crippen molar-refractivity contribution in [2.24, 2.45) is 0 Å². The third-order valence-electron chi connectivity index (χ3n) is 5.70. The fourth-order valence-electron chi connectivity index (χ4n) is 3.84. The molecular formula is C22H24N4O4S. The van der Waals surface area contributed by atoms with Crippen molar-refractivity contribution in [3.63, 3.8) is 0 Å². The summed E-state index contributed by atoms with van der Waals surface area (Å²) in [5.74, 6) is -0.267. The summed E-state index contributed by atoms with van der Waals surface area (Å²) >= 11 is 0. The van der Waals surface area contributed by atoms with Gasteiger partial charge in [-0.05, 0) is 42.7 Å². The summed E-state index contributed by atoms with van der Waals surface area (Å²) in [4.78, 5) is 32.9. The van der Waals surface area contributed by atoms with E-state index in [-0.39, 0.29) is 23.3 Å². The zero-order valence-corrected chi connectivity index (χ0v) is 18.0. The molecule has 1 aliphatic heterocycles. The molecule has 8 nitrogen and oxygen atoms in total. The molecule has 0 atom stereocenters. The van der Waals surface area contributed by atoms with Gasteiger partial charge in [-0.2, -0.15) is 0 Å². The first-order valence-corrected chi connectivity index (χ1v) is 11.7. The third-order valence-corrected chi connectivity index (χ3v) is 7.98. The van der Waals surface area contributed by atoms with Crippen molar-refractivity contribution in [3.05, 3.63) is 60.0 Å². The number of piperidine rings is 1. The molecule has 4 rings (SSSR count). The molecule has 0 radical (unpaired) electrons. The second kappa shape index (κ2) is 8.50. The van der Waals surface area contributed by atoms with Gasteiger partial charge >= 0.3 is 0 Å². The molecule has 0 spiro atoms. The van der Waals surface area contributed by atoms with Crippen molar-refractivity contribution in [1.82, 2.24) is 20.2 Å². The number of hydrogen-bond donors (Lipinski definition) is 2. The van der Waals surface area contributed by atoms with Gasteiger partial charge in [-0.1, -0.05) is 12.1 Å². The normalized spacial score (nSPS) is 15.2. The van der Waals surface area contributed by atoms with Crippen LogP contribution in [0.2, 0.25) is 0 Å². The molecule has 1 aromatic carbocycles. The highest BCUT2D eigenvalue weighted by atomic mass is 32.2. The predicted octanol–water partition coefficient (Wildman–Crippen LogP) is 2.28. The molecule has 1 aliphatic rings. The lowest BCUT2D eigenvalue weighted by Gasteiger charge is -2.31. The van der Waals surface area contributed by atoms with Gasteiger partial charge < -0.3 is 15.2 Å². The van der Waals surface area contributed by atoms with E-state index in [1.807, 2.05) is 0 Å². The Balaban J connectivity index is 1.37. The van der Waals surface area contributed by atoms with Crippen molar-refractivity contribution in [3.8, 4) is 0 Å². The molecule has 0 bridgehead atoms. The van der Waals surface area contributed by atoms with Crippen LogP contribution in [0.25, 0.3) is 10.9 Å². The lowest BCUT2D eigenvalue weighted by Crippen LogP contribution is -2.41. The van der Waals surface area contributed by atoms with Crippen LogP contribution in [-0.4, -0.2) is 53.4 Å². The van der Waals surface area contributed by atoms with Crippen LogP contribution in [-0.2, 0) is 21.2 Å². The number of likely N-dealkylation sites (tertiary alicyclic amines) is 1. The number of aromatic nitrogens is 2. The van der Waals surface area contributed by atoms with Crippen LogP contribution < -0.4 is 5.32 Å². The number of sulfone groups is 1. The number of H-pyrrole nitrogens is 1. The van der Waals surface area contributed by atoms with E-state index in [4.69, 9.17) is 0 Å². The van der Waals surface area contributed by atoms with Crippen LogP contribution in [0.15, 0.2) is 53.7 Å². The van der Waals surface area contributed by atoms with Gasteiger partial charge in [0.1, 0.15) is 5.69 Å². The molecule has 162 valence electrons. The minimum Gasteiger partial charge on any atom is -0.350 e. The summed E-state index contributed by atoms with van der Waals surface area (Å²) in [7, 11) is -3.45. The Morgan fingerprint density at radius 2 is 1.87 bits per heavy atom. The Hall–Kier alpha value is -3.20. The minimum atomic E-state index is -3.45. The SMILES string of the molecule is CC(=O)N1CCC(S(=O)(=O)c2ccc(CNC(=O)c3cc4cnccc4[nH]3)cc2)CC1. The average molecular weight is 441 g/mol. The summed E-state index contributed by atoms with van der Waals surface area (Å²) < 4.78 is 25.9. The maximum atomic E-state index is 12.9. The Bertz CT molecular complexity index is 1180. The molecule has 0 aliphatic carbocycles. The molecule has 9 heteroatoms. The van der Waals surface area contributed by atoms with Crippen LogP contribution in [0, 0.1) is 0 Å². The number of aromatic amines is 1. The van der Waals surface area contributed by atoms with Crippen LogP contribution in [0.3, 0.4) is 0 Å². The number of nitrogens with one attached hydrogen (secondary N) is 2. The van der Waals surface area contributed by atoms with Crippen LogP contribution in [0.4, 0.5) is 0 Å². The average Bonchev–Trinajstić information content (AvgIpc) is 3.22. The van der Waals surface area contributed by atoms with Crippen molar-refractivity contribution < 1.29 is 18.0 Å². The number of nitrogens with zero attached hydrogens (tertiary/aromatic N) is 2. The Morgan fingerprint density at radius 3 is 2.52 bits per heavy atom. The first-order valence-electron chi connectivity index (χ1n) is 10.1. The molecule has 3 heterocycles. The Morgan fingerprint density at radius 1 is 1.16 bits per heavy atom. The smallest absolute Gasteiger partial charge is 0.267 e. The summed E-state index contributed by atoms with van der Waals surface area (Å²) in [5.41, 5.74) is 2.08. The zero-order valence-electron chi connectivity index (χ0n) is 17.2. The van der Waals surface area contributed by atoms with Crippen molar-refractivity contribution >= 4 is 32.6 Å². The molecule has 2 amide bonds. The molecule has 1 saturated heterocycles. The number of fused-ring (bicyclic) bond motifs is 1. The van der Waals surface area contributed by atoms with E-state index in [0.29, 0.717) is 31.6 Å². The van der Waals surface area contributed by atoms with E-state index < -0.39 is 15.1 Å². The summed E-state index contributed by atoms with van der Waals surface area (Å²) in [5, 5.41) is 3.21. The summed E-state index contributed by atoms with van der Waals surface area (Å²) in [6, 6.07) is 10.1. The Kier molecular flexibility index (Phi) is 5.77. The molecule has 0 unspecified atom stereocenters. The highest BCUT2D eigenvalue weighted by Gasteiger charge is 2.31. The van der Waals surface area contributed by atoms with E-state index >= 15 is 0 Å². The number of pyridine rings is 1. The number of amides is 2. The minimum absolute atomic E-state index is 0.0219. The maximum Gasteiger partial charge on any atom is 0.267 e. The monoisotopic (exact) mass is 440 g/mol. The molecule has 31 heavy (non-hydrogen) atoms. The largest absolute Gasteiger partial charge is 0.350 e. The van der Waals surface area contributed by atoms with E-state index in [0.717, 1.165) is 16.5 Å². The second-order valence-corrected chi connectivity index (χ2v) is 9.95. The molecule has 2 N–H and O–H groups in total. The molecule has 1 fully saturated rings. The third kappa shape index (κ3) is 4.46. The zero-order chi connectivity index (χ0) is 22.0. The van der Waals surface area contributed by atoms with E-state index in [1.54, 1.807) is 53.7 Å². The van der Waals surface area contributed by atoms with Crippen molar-refractivity contribution in [1.29, 1.82) is 0 Å². The van der Waals surface area contributed by atoms with Gasteiger partial charge in [0.25, 0.3) is 5.91 Å². The molecular weight excluding hydrogens is 416 g/mol. The number of rotatable bonds is 5. The molecule has 3 aromatic rings. The first-order chi connectivity index (χ1) is 14.8. The molecule has 2 aromatic heterocycles.